The smallest absolute Gasteiger partial charge is 0.410 e. The van der Waals surface area contributed by atoms with Crippen LogP contribution < -0.4 is 0 Å². The van der Waals surface area contributed by atoms with Gasteiger partial charge in [-0.1, -0.05) is 0 Å². The van der Waals surface area contributed by atoms with E-state index in [1.54, 1.807) is 25.7 Å². The van der Waals surface area contributed by atoms with Gasteiger partial charge in [0.05, 0.1) is 30.9 Å². The fourth-order valence-electron chi connectivity index (χ4n) is 3.68. The number of nitrogens with zero attached hydrogens (tertiary/aromatic N) is 1. The van der Waals surface area contributed by atoms with Crippen LogP contribution in [0.5, 0.6) is 0 Å². The fourth-order valence-corrected chi connectivity index (χ4v) is 3.68. The van der Waals surface area contributed by atoms with Crippen LogP contribution in [0.15, 0.2) is 12.1 Å². The maximum Gasteiger partial charge on any atom is 0.410 e. The number of carbonyl (C=O) groups is 2. The van der Waals surface area contributed by atoms with E-state index in [1.807, 2.05) is 0 Å². The lowest BCUT2D eigenvalue weighted by atomic mass is 9.80. The summed E-state index contributed by atoms with van der Waals surface area (Å²) in [5.74, 6) is -5.67. The molecule has 2 aliphatic rings. The van der Waals surface area contributed by atoms with Crippen LogP contribution in [0, 0.1) is 23.4 Å². The fraction of sp³-hybridized carbons (Fsp3) is 0.579. The molecule has 0 radical (unpaired) electrons. The Bertz CT molecular complexity index is 748. The summed E-state index contributed by atoms with van der Waals surface area (Å²) in [6, 6.07) is 0.915. The molecule has 5 nitrogen and oxygen atoms in total. The van der Waals surface area contributed by atoms with E-state index in [1.165, 1.54) is 0 Å². The van der Waals surface area contributed by atoms with Gasteiger partial charge in [0.1, 0.15) is 5.60 Å². The predicted molar refractivity (Wildman–Crippen MR) is 89.8 cm³/mol. The molecule has 0 aliphatic carbocycles. The van der Waals surface area contributed by atoms with E-state index < -0.39 is 58.5 Å². The molecule has 2 heterocycles. The molecule has 0 N–H and O–H groups in total. The van der Waals surface area contributed by atoms with Gasteiger partial charge in [0.15, 0.2) is 23.2 Å². The minimum absolute atomic E-state index is 0.236. The lowest BCUT2D eigenvalue weighted by Gasteiger charge is -2.47. The maximum absolute atomic E-state index is 14.0. The highest BCUT2D eigenvalue weighted by Gasteiger charge is 2.45. The Labute approximate surface area is 155 Å². The number of carbonyl (C=O) groups excluding carboxylic acids is 2. The summed E-state index contributed by atoms with van der Waals surface area (Å²) in [5.41, 5.74) is -1.13. The molecule has 2 fully saturated rings. The minimum atomic E-state index is -1.66. The number of rotatable bonds is 2. The van der Waals surface area contributed by atoms with Gasteiger partial charge >= 0.3 is 6.09 Å². The highest BCUT2D eigenvalue weighted by Crippen LogP contribution is 2.35. The van der Waals surface area contributed by atoms with E-state index in [9.17, 15) is 22.8 Å². The SMILES string of the molecule is CC(C)(C)OC(=O)N1C2COCC1CC(C(=O)c1ccc(F)c(F)c1F)C2. The first-order chi connectivity index (χ1) is 12.6. The van der Waals surface area contributed by atoms with Gasteiger partial charge in [0, 0.05) is 5.92 Å². The molecule has 27 heavy (non-hydrogen) atoms. The number of ether oxygens (including phenoxy) is 2. The number of piperidine rings is 1. The lowest BCUT2D eigenvalue weighted by molar-refractivity contribution is -0.0861. The number of amides is 1. The number of hydrogen-bond acceptors (Lipinski definition) is 4. The molecule has 0 saturated carbocycles. The van der Waals surface area contributed by atoms with Crippen LogP contribution in [-0.2, 0) is 9.47 Å². The summed E-state index contributed by atoms with van der Waals surface area (Å²) in [5, 5.41) is 0. The molecule has 2 atom stereocenters. The van der Waals surface area contributed by atoms with E-state index in [4.69, 9.17) is 9.47 Å². The molecule has 2 aliphatic heterocycles. The van der Waals surface area contributed by atoms with Crippen molar-refractivity contribution in [3.63, 3.8) is 0 Å². The van der Waals surface area contributed by atoms with Crippen molar-refractivity contribution in [3.8, 4) is 0 Å². The summed E-state index contributed by atoms with van der Waals surface area (Å²) in [6.07, 6.45) is 0.00531. The van der Waals surface area contributed by atoms with E-state index in [0.717, 1.165) is 12.1 Å². The average Bonchev–Trinajstić information content (AvgIpc) is 2.56. The summed E-state index contributed by atoms with van der Waals surface area (Å²) < 4.78 is 51.5. The van der Waals surface area contributed by atoms with Crippen molar-refractivity contribution in [2.75, 3.05) is 13.2 Å². The standard InChI is InChI=1S/C19H22F3NO4/c1-19(2,3)27-18(25)23-11-6-10(7-12(23)9-26-8-11)17(24)13-4-5-14(20)16(22)15(13)21/h4-5,10-12H,6-9H2,1-3H3. The molecule has 0 aromatic heterocycles. The van der Waals surface area contributed by atoms with Crippen LogP contribution in [0.25, 0.3) is 0 Å². The van der Waals surface area contributed by atoms with Crippen molar-refractivity contribution in [1.82, 2.24) is 4.90 Å². The first-order valence-corrected chi connectivity index (χ1v) is 8.85. The van der Waals surface area contributed by atoms with E-state index in [-0.39, 0.29) is 26.1 Å². The summed E-state index contributed by atoms with van der Waals surface area (Å²) in [4.78, 5) is 26.8. The molecule has 8 heteroatoms. The van der Waals surface area contributed by atoms with Crippen molar-refractivity contribution < 1.29 is 32.2 Å². The molecule has 3 rings (SSSR count). The van der Waals surface area contributed by atoms with E-state index in [2.05, 4.69) is 0 Å². The van der Waals surface area contributed by atoms with Crippen LogP contribution in [0.2, 0.25) is 0 Å². The largest absolute Gasteiger partial charge is 0.444 e. The van der Waals surface area contributed by atoms with Crippen molar-refractivity contribution in [2.45, 2.75) is 51.3 Å². The van der Waals surface area contributed by atoms with Gasteiger partial charge in [-0.15, -0.1) is 0 Å². The van der Waals surface area contributed by atoms with Crippen LogP contribution >= 0.6 is 0 Å². The molecule has 0 spiro atoms. The lowest BCUT2D eigenvalue weighted by Crippen LogP contribution is -2.60. The van der Waals surface area contributed by atoms with Crippen LogP contribution in [0.1, 0.15) is 44.0 Å². The molecule has 1 aromatic rings. The summed E-state index contributed by atoms with van der Waals surface area (Å²) in [6.45, 7) is 5.76. The number of Topliss-reactive ketones (excluding diaryl/α,β-unsaturated/α-hetero) is 1. The normalized spacial score (nSPS) is 25.3. The first-order valence-electron chi connectivity index (χ1n) is 8.85. The zero-order chi connectivity index (χ0) is 19.9. The van der Waals surface area contributed by atoms with Gasteiger partial charge in [0.25, 0.3) is 0 Å². The second kappa shape index (κ2) is 7.14. The quantitative estimate of drug-likeness (QED) is 0.575. The Morgan fingerprint density at radius 1 is 1.07 bits per heavy atom. The second-order valence-corrected chi connectivity index (χ2v) is 7.99. The minimum Gasteiger partial charge on any atom is -0.444 e. The van der Waals surface area contributed by atoms with Gasteiger partial charge in [0.2, 0.25) is 0 Å². The number of hydrogen-bond donors (Lipinski definition) is 0. The Balaban J connectivity index is 1.79. The van der Waals surface area contributed by atoms with Gasteiger partial charge < -0.3 is 9.47 Å². The number of halogens is 3. The van der Waals surface area contributed by atoms with Crippen molar-refractivity contribution in [2.24, 2.45) is 5.92 Å². The Morgan fingerprint density at radius 3 is 2.22 bits per heavy atom. The Kier molecular flexibility index (Phi) is 5.20. The zero-order valence-corrected chi connectivity index (χ0v) is 15.4. The number of ketones is 1. The maximum atomic E-state index is 14.0. The van der Waals surface area contributed by atoms with Gasteiger partial charge in [-0.3, -0.25) is 9.69 Å². The van der Waals surface area contributed by atoms with Crippen LogP contribution in [-0.4, -0.2) is 47.7 Å². The summed E-state index contributed by atoms with van der Waals surface area (Å²) in [7, 11) is 0. The van der Waals surface area contributed by atoms with Crippen molar-refractivity contribution >= 4 is 11.9 Å². The van der Waals surface area contributed by atoms with E-state index in [0.29, 0.717) is 0 Å². The molecule has 148 valence electrons. The third-order valence-electron chi connectivity index (χ3n) is 4.80. The molecular weight excluding hydrogens is 363 g/mol. The third kappa shape index (κ3) is 3.95. The van der Waals surface area contributed by atoms with E-state index >= 15 is 0 Å². The highest BCUT2D eigenvalue weighted by molar-refractivity contribution is 5.98. The molecule has 1 amide bonds. The van der Waals surface area contributed by atoms with Crippen LogP contribution in [0.4, 0.5) is 18.0 Å². The van der Waals surface area contributed by atoms with Gasteiger partial charge in [-0.05, 0) is 45.7 Å². The topological polar surface area (TPSA) is 55.8 Å². The van der Waals surface area contributed by atoms with Crippen LogP contribution in [0.3, 0.4) is 0 Å². The van der Waals surface area contributed by atoms with Gasteiger partial charge in [-0.25, -0.2) is 18.0 Å². The van der Waals surface area contributed by atoms with Gasteiger partial charge in [-0.2, -0.15) is 0 Å². The Morgan fingerprint density at radius 2 is 1.67 bits per heavy atom. The number of fused-ring (bicyclic) bond motifs is 2. The number of benzene rings is 1. The second-order valence-electron chi connectivity index (χ2n) is 7.99. The Hall–Kier alpha value is -2.09. The number of morpholine rings is 1. The monoisotopic (exact) mass is 385 g/mol. The first kappa shape index (κ1) is 19.7. The zero-order valence-electron chi connectivity index (χ0n) is 15.4. The molecule has 1 aromatic carbocycles. The van der Waals surface area contributed by atoms with Crippen molar-refractivity contribution in [3.05, 3.63) is 35.1 Å². The molecule has 2 bridgehead atoms. The molecule has 2 unspecified atom stereocenters. The summed E-state index contributed by atoms with van der Waals surface area (Å²) >= 11 is 0. The molecular formula is C19H22F3NO4. The average molecular weight is 385 g/mol. The van der Waals surface area contributed by atoms with Crippen molar-refractivity contribution in [1.29, 1.82) is 0 Å². The third-order valence-corrected chi connectivity index (χ3v) is 4.80. The predicted octanol–water partition coefficient (Wildman–Crippen LogP) is 3.70. The molecule has 2 saturated heterocycles. The highest BCUT2D eigenvalue weighted by atomic mass is 19.2.